The number of halogens is 16. The summed E-state index contributed by atoms with van der Waals surface area (Å²) >= 11 is 0. The molecule has 0 aliphatic carbocycles. The number of aromatic amines is 1. The Morgan fingerprint density at radius 2 is 0.865 bits per heavy atom. The first-order valence-electron chi connectivity index (χ1n) is 14.3. The third-order valence-corrected chi connectivity index (χ3v) is 8.20. The minimum absolute atomic E-state index is 0.203. The van der Waals surface area contributed by atoms with Gasteiger partial charge in [-0.1, -0.05) is 24.3 Å². The number of hydrogen-bond donors (Lipinski definition) is 1. The van der Waals surface area contributed by atoms with Gasteiger partial charge in [0.05, 0.1) is 28.9 Å². The first-order valence-corrected chi connectivity index (χ1v) is 14.3. The molecule has 2 aromatic heterocycles. The van der Waals surface area contributed by atoms with Crippen molar-refractivity contribution < 1.29 is 70.2 Å². The molecule has 52 heavy (non-hydrogen) atoms. The monoisotopic (exact) mass is 754 g/mol. The summed E-state index contributed by atoms with van der Waals surface area (Å²) in [6.45, 7) is -1.20. The fourth-order valence-corrected chi connectivity index (χ4v) is 5.73. The van der Waals surface area contributed by atoms with Crippen molar-refractivity contribution in [1.82, 2.24) is 9.55 Å². The van der Waals surface area contributed by atoms with Crippen LogP contribution < -0.4 is 0 Å². The zero-order chi connectivity index (χ0) is 38.2. The van der Waals surface area contributed by atoms with Crippen LogP contribution in [-0.4, -0.2) is 9.55 Å². The number of alkyl halides is 6. The van der Waals surface area contributed by atoms with Gasteiger partial charge >= 0.3 is 12.4 Å². The molecule has 0 spiro atoms. The summed E-state index contributed by atoms with van der Waals surface area (Å²) in [5, 5.41) is -0.225. The van der Waals surface area contributed by atoms with Gasteiger partial charge in [0.15, 0.2) is 46.5 Å². The van der Waals surface area contributed by atoms with E-state index in [4.69, 9.17) is 0 Å². The van der Waals surface area contributed by atoms with Crippen LogP contribution in [-0.2, 0) is 25.3 Å². The topological polar surface area (TPSA) is 20.7 Å². The predicted molar refractivity (Wildman–Crippen MR) is 152 cm³/mol. The van der Waals surface area contributed by atoms with Crippen LogP contribution in [0.2, 0.25) is 0 Å². The van der Waals surface area contributed by atoms with Gasteiger partial charge in [0.25, 0.3) is 0 Å². The molecule has 1 N–H and O–H groups in total. The van der Waals surface area contributed by atoms with Crippen molar-refractivity contribution in [3.63, 3.8) is 0 Å². The van der Waals surface area contributed by atoms with Gasteiger partial charge in [-0.3, -0.25) is 0 Å². The van der Waals surface area contributed by atoms with E-state index in [0.29, 0.717) is 24.3 Å². The molecule has 0 unspecified atom stereocenters. The molecular weight excluding hydrogens is 740 g/mol. The number of hydrogen-bond acceptors (Lipinski definition) is 0. The molecule has 2 nitrogen and oxygen atoms in total. The Morgan fingerprint density at radius 3 is 1.29 bits per heavy atom. The predicted octanol–water partition coefficient (Wildman–Crippen LogP) is 11.4. The van der Waals surface area contributed by atoms with Crippen molar-refractivity contribution in [2.24, 2.45) is 0 Å². The highest BCUT2D eigenvalue weighted by molar-refractivity contribution is 6.04. The lowest BCUT2D eigenvalue weighted by Crippen LogP contribution is -2.11. The minimum Gasteiger partial charge on any atom is -0.356 e. The lowest BCUT2D eigenvalue weighted by molar-refractivity contribution is -0.138. The van der Waals surface area contributed by atoms with Crippen LogP contribution in [0.3, 0.4) is 0 Å². The van der Waals surface area contributed by atoms with Gasteiger partial charge in [0.1, 0.15) is 0 Å². The maximum absolute atomic E-state index is 14.8. The van der Waals surface area contributed by atoms with Gasteiger partial charge in [0, 0.05) is 46.0 Å². The van der Waals surface area contributed by atoms with E-state index in [9.17, 15) is 70.2 Å². The second-order valence-electron chi connectivity index (χ2n) is 11.3. The van der Waals surface area contributed by atoms with Gasteiger partial charge in [-0.2, -0.15) is 26.3 Å². The van der Waals surface area contributed by atoms with E-state index in [2.05, 4.69) is 4.98 Å². The average Bonchev–Trinajstić information content (AvgIpc) is 3.62. The summed E-state index contributed by atoms with van der Waals surface area (Å²) in [7, 11) is 0. The van der Waals surface area contributed by atoms with Gasteiger partial charge in [0.2, 0.25) is 11.6 Å². The molecular formula is C34H14F16N2. The largest absolute Gasteiger partial charge is 0.416 e. The first kappa shape index (κ1) is 36.4. The van der Waals surface area contributed by atoms with Gasteiger partial charge in [-0.05, 0) is 29.8 Å². The Balaban J connectivity index is 1.66. The van der Waals surface area contributed by atoms with E-state index >= 15 is 0 Å². The summed E-state index contributed by atoms with van der Waals surface area (Å²) in [5.41, 5.74) is -6.99. The fraction of sp³-hybridized carbons (Fsp3) is 0.118. The number of nitrogens with one attached hydrogen (secondary N) is 1. The van der Waals surface area contributed by atoms with E-state index in [1.54, 1.807) is 0 Å². The normalized spacial score (nSPS) is 12.4. The van der Waals surface area contributed by atoms with Crippen molar-refractivity contribution >= 4 is 10.9 Å². The summed E-state index contributed by atoms with van der Waals surface area (Å²) in [5.74, 6) is -23.4. The number of fused-ring (bicyclic) bond motifs is 1. The maximum Gasteiger partial charge on any atom is 0.416 e. The highest BCUT2D eigenvalue weighted by Crippen LogP contribution is 2.43. The molecule has 0 aliphatic heterocycles. The van der Waals surface area contributed by atoms with Crippen LogP contribution in [0.4, 0.5) is 70.2 Å². The molecule has 0 saturated heterocycles. The Morgan fingerprint density at radius 1 is 0.481 bits per heavy atom. The molecule has 0 bridgehead atoms. The van der Waals surface area contributed by atoms with Crippen LogP contribution in [0, 0.1) is 58.2 Å². The molecule has 0 fully saturated rings. The molecule has 18 heteroatoms. The zero-order valence-corrected chi connectivity index (χ0v) is 25.1. The standard InChI is InChI=1S/C34H14F16N2/c35-21-16(22(36)26(40)29(43)25(21)39)9-19-20(12-1-5-14(6-2-12)33(45,46)47)17-10-52(11-18-23(37)27(41)30(44)28(42)24(18)38)32(31(17)51-19)13-3-7-15(8-4-13)34(48,49)50/h1-8,10,51H,9,11H2. The van der Waals surface area contributed by atoms with E-state index < -0.39 is 111 Å². The van der Waals surface area contributed by atoms with E-state index in [1.165, 1.54) is 0 Å². The summed E-state index contributed by atoms with van der Waals surface area (Å²) in [6.07, 6.45) is -9.96. The van der Waals surface area contributed by atoms with Crippen molar-refractivity contribution in [1.29, 1.82) is 0 Å². The van der Waals surface area contributed by atoms with Crippen LogP contribution in [0.25, 0.3) is 33.3 Å². The molecule has 0 amide bonds. The SMILES string of the molecule is Fc1c(F)c(F)c(Cc2[nH]c3c(-c4ccc(C(F)(F)F)cc4)n(Cc4c(F)c(F)c(F)c(F)c4F)cc3c2-c2ccc(C(F)(F)F)cc2)c(F)c1F. The molecule has 0 aliphatic rings. The molecule has 0 atom stereocenters. The van der Waals surface area contributed by atoms with Crippen LogP contribution in [0.5, 0.6) is 0 Å². The Labute approximate surface area is 279 Å². The van der Waals surface area contributed by atoms with Crippen LogP contribution >= 0.6 is 0 Å². The Bertz CT molecular complexity index is 2140. The fourth-order valence-electron chi connectivity index (χ4n) is 5.73. The third kappa shape index (κ3) is 6.02. The van der Waals surface area contributed by atoms with Gasteiger partial charge < -0.3 is 9.55 Å². The summed E-state index contributed by atoms with van der Waals surface area (Å²) < 4.78 is 225. The maximum atomic E-state index is 14.8. The van der Waals surface area contributed by atoms with Crippen LogP contribution in [0.1, 0.15) is 27.9 Å². The lowest BCUT2D eigenvalue weighted by Gasteiger charge is -2.14. The van der Waals surface area contributed by atoms with E-state index in [1.807, 2.05) is 0 Å². The second kappa shape index (κ2) is 12.7. The Kier molecular flexibility index (Phi) is 8.86. The molecule has 6 aromatic rings. The molecule has 6 rings (SSSR count). The van der Waals surface area contributed by atoms with Crippen molar-refractivity contribution in [2.75, 3.05) is 0 Å². The quantitative estimate of drug-likeness (QED) is 0.0993. The average molecular weight is 754 g/mol. The van der Waals surface area contributed by atoms with Gasteiger partial charge in [-0.25, -0.2) is 43.9 Å². The highest BCUT2D eigenvalue weighted by Gasteiger charge is 2.33. The number of aromatic nitrogens is 2. The van der Waals surface area contributed by atoms with E-state index in [0.717, 1.165) is 35.0 Å². The number of H-pyrrole nitrogens is 1. The third-order valence-electron chi connectivity index (χ3n) is 8.20. The summed E-state index contributed by atoms with van der Waals surface area (Å²) in [6, 6.07) is 5.65. The molecule has 2 heterocycles. The van der Waals surface area contributed by atoms with E-state index in [-0.39, 0.29) is 33.3 Å². The van der Waals surface area contributed by atoms with Gasteiger partial charge in [-0.15, -0.1) is 0 Å². The van der Waals surface area contributed by atoms with Crippen molar-refractivity contribution in [2.45, 2.75) is 25.3 Å². The lowest BCUT2D eigenvalue weighted by atomic mass is 9.97. The van der Waals surface area contributed by atoms with Crippen LogP contribution in [0.15, 0.2) is 54.7 Å². The minimum atomic E-state index is -4.87. The summed E-state index contributed by atoms with van der Waals surface area (Å²) in [4.78, 5) is 2.61. The molecule has 0 radical (unpaired) electrons. The smallest absolute Gasteiger partial charge is 0.356 e. The number of benzene rings is 4. The molecule has 4 aromatic carbocycles. The number of nitrogens with zero attached hydrogens (tertiary/aromatic N) is 1. The highest BCUT2D eigenvalue weighted by atomic mass is 19.4. The first-order chi connectivity index (χ1) is 24.2. The second-order valence-corrected chi connectivity index (χ2v) is 11.3. The number of rotatable bonds is 6. The zero-order valence-electron chi connectivity index (χ0n) is 25.1. The van der Waals surface area contributed by atoms with Crippen molar-refractivity contribution in [3.8, 4) is 22.4 Å². The Hall–Kier alpha value is -5.42. The molecule has 272 valence electrons. The van der Waals surface area contributed by atoms with Crippen molar-refractivity contribution in [3.05, 3.63) is 141 Å². The molecule has 0 saturated carbocycles.